The number of likely N-dealkylation sites (tertiary alicyclic amines) is 1. The first-order valence-electron chi connectivity index (χ1n) is 13.0. The van der Waals surface area contributed by atoms with Gasteiger partial charge in [0.1, 0.15) is 11.4 Å². The van der Waals surface area contributed by atoms with Gasteiger partial charge in [-0.25, -0.2) is 9.78 Å². The van der Waals surface area contributed by atoms with Gasteiger partial charge in [0.2, 0.25) is 0 Å². The van der Waals surface area contributed by atoms with Crippen molar-refractivity contribution in [2.75, 3.05) is 0 Å². The van der Waals surface area contributed by atoms with Crippen LogP contribution in [-0.4, -0.2) is 32.6 Å². The Balaban J connectivity index is 1.33. The quantitative estimate of drug-likeness (QED) is 0.257. The number of rotatable bonds is 2. The number of hydrogen-bond acceptors (Lipinski definition) is 3. The summed E-state index contributed by atoms with van der Waals surface area (Å²) in [5, 5.41) is 4.90. The van der Waals surface area contributed by atoms with Gasteiger partial charge in [-0.1, -0.05) is 59.1 Å². The molecule has 2 fully saturated rings. The van der Waals surface area contributed by atoms with E-state index in [1.54, 1.807) is 0 Å². The highest BCUT2D eigenvalue weighted by molar-refractivity contribution is 9.10. The van der Waals surface area contributed by atoms with E-state index in [2.05, 4.69) is 69.4 Å². The van der Waals surface area contributed by atoms with Gasteiger partial charge < -0.3 is 9.72 Å². The van der Waals surface area contributed by atoms with Gasteiger partial charge in [-0.2, -0.15) is 0 Å². The Morgan fingerprint density at radius 3 is 2.53 bits per heavy atom. The van der Waals surface area contributed by atoms with Crippen LogP contribution in [0.1, 0.15) is 64.7 Å². The summed E-state index contributed by atoms with van der Waals surface area (Å²) < 4.78 is 6.93. The van der Waals surface area contributed by atoms with E-state index in [4.69, 9.17) is 9.72 Å². The molecule has 6 heteroatoms. The van der Waals surface area contributed by atoms with E-state index in [-0.39, 0.29) is 18.2 Å². The fraction of sp³-hybridized carbons (Fsp3) is 0.400. The molecule has 6 rings (SSSR count). The number of carbonyl (C=O) groups is 1. The second-order valence-corrected chi connectivity index (χ2v) is 12.2. The first-order chi connectivity index (χ1) is 17.3. The van der Waals surface area contributed by atoms with Crippen LogP contribution >= 0.6 is 15.9 Å². The Kier molecular flexibility index (Phi) is 5.83. The topological polar surface area (TPSA) is 58.2 Å². The Bertz CT molecular complexity index is 1450. The lowest BCUT2D eigenvalue weighted by atomic mass is 9.85. The van der Waals surface area contributed by atoms with Crippen LogP contribution < -0.4 is 0 Å². The Morgan fingerprint density at radius 1 is 1.03 bits per heavy atom. The number of amides is 1. The van der Waals surface area contributed by atoms with Crippen molar-refractivity contribution in [2.45, 2.75) is 70.6 Å². The van der Waals surface area contributed by atoms with Crippen molar-refractivity contribution in [1.82, 2.24) is 14.9 Å². The van der Waals surface area contributed by atoms with Crippen LogP contribution in [-0.2, 0) is 4.74 Å². The number of fused-ring (bicyclic) bond motifs is 4. The summed E-state index contributed by atoms with van der Waals surface area (Å²) in [5.74, 6) is 1.37. The highest BCUT2D eigenvalue weighted by atomic mass is 79.9. The lowest BCUT2D eigenvalue weighted by molar-refractivity contribution is 0.00951. The number of imidazole rings is 1. The molecule has 0 spiro atoms. The molecule has 1 saturated heterocycles. The standard InChI is InChI=1S/C30H32BrN3O2/c1-30(2,3)36-29(35)34-26-7-5-4-6-21(26)16-27(34)28-32-17-25(33-28)20-10-12-23-18(14-20)8-9-19-15-22(31)11-13-24(19)23/h8-15,17,21,26-27H,4-7,16H2,1-3H3,(H,32,33)/t21-,26-,27-/m0/s1. The minimum absolute atomic E-state index is 0.0791. The Hall–Kier alpha value is -2.86. The molecule has 0 radical (unpaired) electrons. The summed E-state index contributed by atoms with van der Waals surface area (Å²) in [4.78, 5) is 23.7. The van der Waals surface area contributed by atoms with Gasteiger partial charge in [-0.3, -0.25) is 4.90 Å². The number of aromatic amines is 1. The third kappa shape index (κ3) is 4.30. The van der Waals surface area contributed by atoms with Crippen LogP contribution in [0.25, 0.3) is 32.8 Å². The molecule has 4 aromatic rings. The monoisotopic (exact) mass is 545 g/mol. The largest absolute Gasteiger partial charge is 0.444 e. The predicted molar refractivity (Wildman–Crippen MR) is 148 cm³/mol. The van der Waals surface area contributed by atoms with E-state index < -0.39 is 5.60 Å². The van der Waals surface area contributed by atoms with Crippen molar-refractivity contribution >= 4 is 43.6 Å². The molecular formula is C30H32BrN3O2. The molecule has 2 heterocycles. The van der Waals surface area contributed by atoms with Crippen molar-refractivity contribution in [2.24, 2.45) is 5.92 Å². The zero-order chi connectivity index (χ0) is 25.0. The number of nitrogens with one attached hydrogen (secondary N) is 1. The molecule has 1 amide bonds. The van der Waals surface area contributed by atoms with Crippen LogP contribution in [0.5, 0.6) is 0 Å². The van der Waals surface area contributed by atoms with Crippen molar-refractivity contribution in [3.05, 3.63) is 65.0 Å². The SMILES string of the molecule is CC(C)(C)OC(=O)N1[C@H](c2ncc(-c3ccc4c(ccc5cc(Br)ccc54)c3)[nH]2)C[C@@H]2CCCC[C@@H]21. The van der Waals surface area contributed by atoms with E-state index in [1.807, 2.05) is 31.9 Å². The zero-order valence-corrected chi connectivity index (χ0v) is 22.6. The minimum Gasteiger partial charge on any atom is -0.444 e. The molecular weight excluding hydrogens is 514 g/mol. The van der Waals surface area contributed by atoms with Crippen LogP contribution in [0.2, 0.25) is 0 Å². The summed E-state index contributed by atoms with van der Waals surface area (Å²) in [5.41, 5.74) is 1.55. The number of nitrogens with zero attached hydrogens (tertiary/aromatic N) is 2. The second kappa shape index (κ2) is 8.91. The van der Waals surface area contributed by atoms with Crippen LogP contribution in [0.4, 0.5) is 4.79 Å². The van der Waals surface area contributed by atoms with Gasteiger partial charge in [0.05, 0.1) is 17.9 Å². The second-order valence-electron chi connectivity index (χ2n) is 11.3. The van der Waals surface area contributed by atoms with Crippen LogP contribution in [0.15, 0.2) is 59.2 Å². The summed E-state index contributed by atoms with van der Waals surface area (Å²) in [6.45, 7) is 5.79. The number of hydrogen-bond donors (Lipinski definition) is 1. The lowest BCUT2D eigenvalue weighted by Crippen LogP contribution is -2.43. The van der Waals surface area contributed by atoms with Gasteiger partial charge in [0.15, 0.2) is 0 Å². The molecule has 5 nitrogen and oxygen atoms in total. The summed E-state index contributed by atoms with van der Waals surface area (Å²) in [6, 6.07) is 17.5. The molecule has 1 aliphatic heterocycles. The molecule has 3 aromatic carbocycles. The molecule has 1 aromatic heterocycles. The number of carbonyl (C=O) groups excluding carboxylic acids is 1. The van der Waals surface area contributed by atoms with Crippen LogP contribution in [0.3, 0.4) is 0 Å². The van der Waals surface area contributed by atoms with E-state index in [0.29, 0.717) is 5.92 Å². The van der Waals surface area contributed by atoms with E-state index >= 15 is 0 Å². The Labute approximate surface area is 220 Å². The van der Waals surface area contributed by atoms with Crippen molar-refractivity contribution in [3.8, 4) is 11.3 Å². The van der Waals surface area contributed by atoms with Gasteiger partial charge in [0.25, 0.3) is 0 Å². The number of halogens is 1. The third-order valence-electron chi connectivity index (χ3n) is 7.71. The first-order valence-corrected chi connectivity index (χ1v) is 13.7. The molecule has 0 unspecified atom stereocenters. The number of aromatic nitrogens is 2. The maximum atomic E-state index is 13.3. The zero-order valence-electron chi connectivity index (χ0n) is 21.1. The van der Waals surface area contributed by atoms with Crippen LogP contribution in [0, 0.1) is 5.92 Å². The van der Waals surface area contributed by atoms with Crippen molar-refractivity contribution in [1.29, 1.82) is 0 Å². The minimum atomic E-state index is -0.520. The number of benzene rings is 3. The van der Waals surface area contributed by atoms with E-state index in [1.165, 1.54) is 40.8 Å². The lowest BCUT2D eigenvalue weighted by Gasteiger charge is -2.34. The molecule has 1 aliphatic carbocycles. The smallest absolute Gasteiger partial charge is 0.411 e. The summed E-state index contributed by atoms with van der Waals surface area (Å²) in [7, 11) is 0. The molecule has 36 heavy (non-hydrogen) atoms. The fourth-order valence-electron chi connectivity index (χ4n) is 6.14. The maximum absolute atomic E-state index is 13.3. The van der Waals surface area contributed by atoms with Crippen molar-refractivity contribution in [3.63, 3.8) is 0 Å². The molecule has 3 atom stereocenters. The fourth-order valence-corrected chi connectivity index (χ4v) is 6.52. The van der Waals surface area contributed by atoms with Gasteiger partial charge in [0, 0.05) is 16.1 Å². The molecule has 1 N–H and O–H groups in total. The normalized spacial score (nSPS) is 22.2. The predicted octanol–water partition coefficient (Wildman–Crippen LogP) is 8.39. The van der Waals surface area contributed by atoms with E-state index in [0.717, 1.165) is 34.4 Å². The number of ether oxygens (including phenoxy) is 1. The third-order valence-corrected chi connectivity index (χ3v) is 8.21. The van der Waals surface area contributed by atoms with Gasteiger partial charge in [-0.15, -0.1) is 0 Å². The summed E-state index contributed by atoms with van der Waals surface area (Å²) in [6.07, 6.45) is 7.25. The maximum Gasteiger partial charge on any atom is 0.411 e. The number of H-pyrrole nitrogens is 1. The molecule has 2 aliphatic rings. The molecule has 0 bridgehead atoms. The first kappa shape index (κ1) is 23.5. The average Bonchev–Trinajstić information content (AvgIpc) is 3.47. The molecule has 1 saturated carbocycles. The van der Waals surface area contributed by atoms with Gasteiger partial charge in [-0.05, 0) is 85.7 Å². The van der Waals surface area contributed by atoms with Crippen molar-refractivity contribution < 1.29 is 9.53 Å². The highest BCUT2D eigenvalue weighted by Crippen LogP contribution is 2.46. The average molecular weight is 547 g/mol. The Morgan fingerprint density at radius 2 is 1.75 bits per heavy atom. The van der Waals surface area contributed by atoms with E-state index in [9.17, 15) is 4.79 Å². The van der Waals surface area contributed by atoms with Gasteiger partial charge >= 0.3 is 6.09 Å². The highest BCUT2D eigenvalue weighted by Gasteiger charge is 2.47. The summed E-state index contributed by atoms with van der Waals surface area (Å²) >= 11 is 3.57. The molecule has 186 valence electrons.